The van der Waals surface area contributed by atoms with E-state index in [4.69, 9.17) is 10.9 Å². The fourth-order valence-electron chi connectivity index (χ4n) is 1.65. The SMILES string of the molecule is CN(CCCCCO)S(=O)(=O)c1ccc(NN)cc1. The van der Waals surface area contributed by atoms with Crippen LogP contribution in [0.25, 0.3) is 0 Å². The summed E-state index contributed by atoms with van der Waals surface area (Å²) in [6.07, 6.45) is 2.25. The summed E-state index contributed by atoms with van der Waals surface area (Å²) in [7, 11) is -1.89. The lowest BCUT2D eigenvalue weighted by Gasteiger charge is -2.17. The van der Waals surface area contributed by atoms with Crippen LogP contribution >= 0.6 is 0 Å². The van der Waals surface area contributed by atoms with Gasteiger partial charge in [0.15, 0.2) is 0 Å². The predicted molar refractivity (Wildman–Crippen MR) is 75.0 cm³/mol. The van der Waals surface area contributed by atoms with Crippen LogP contribution in [0, 0.1) is 0 Å². The summed E-state index contributed by atoms with van der Waals surface area (Å²) in [5.41, 5.74) is 3.11. The third kappa shape index (κ3) is 4.46. The van der Waals surface area contributed by atoms with Gasteiger partial charge in [-0.25, -0.2) is 12.7 Å². The summed E-state index contributed by atoms with van der Waals surface area (Å²) in [5.74, 6) is 5.23. The minimum Gasteiger partial charge on any atom is -0.396 e. The van der Waals surface area contributed by atoms with Crippen LogP contribution in [0.5, 0.6) is 0 Å². The number of nitrogens with two attached hydrogens (primary N) is 1. The number of aliphatic hydroxyl groups is 1. The number of sulfonamides is 1. The van der Waals surface area contributed by atoms with Crippen LogP contribution in [-0.4, -0.2) is 38.0 Å². The second-order valence-electron chi connectivity index (χ2n) is 4.28. The van der Waals surface area contributed by atoms with Crippen molar-refractivity contribution in [3.05, 3.63) is 24.3 Å². The number of hydrogen-bond acceptors (Lipinski definition) is 5. The maximum absolute atomic E-state index is 12.2. The molecule has 7 heteroatoms. The smallest absolute Gasteiger partial charge is 0.242 e. The average Bonchev–Trinajstić information content (AvgIpc) is 2.43. The quantitative estimate of drug-likeness (QED) is 0.372. The van der Waals surface area contributed by atoms with Gasteiger partial charge in [0.1, 0.15) is 0 Å². The van der Waals surface area contributed by atoms with Gasteiger partial charge in [-0.3, -0.25) is 5.84 Å². The molecule has 0 amide bonds. The number of nitrogens with one attached hydrogen (secondary N) is 1. The summed E-state index contributed by atoms with van der Waals surface area (Å²) in [5, 5.41) is 8.67. The van der Waals surface area contributed by atoms with Crippen LogP contribution < -0.4 is 11.3 Å². The highest BCUT2D eigenvalue weighted by atomic mass is 32.2. The van der Waals surface area contributed by atoms with E-state index in [0.29, 0.717) is 18.7 Å². The zero-order chi connectivity index (χ0) is 14.3. The molecule has 108 valence electrons. The van der Waals surface area contributed by atoms with E-state index in [1.165, 1.54) is 16.4 Å². The molecule has 0 aliphatic rings. The fraction of sp³-hybridized carbons (Fsp3) is 0.500. The van der Waals surface area contributed by atoms with Gasteiger partial charge in [0, 0.05) is 25.9 Å². The lowest BCUT2D eigenvalue weighted by atomic mass is 10.2. The van der Waals surface area contributed by atoms with Crippen LogP contribution in [0.15, 0.2) is 29.2 Å². The highest BCUT2D eigenvalue weighted by Gasteiger charge is 2.19. The second-order valence-corrected chi connectivity index (χ2v) is 6.32. The van der Waals surface area contributed by atoms with Gasteiger partial charge >= 0.3 is 0 Å². The van der Waals surface area contributed by atoms with Crippen molar-refractivity contribution < 1.29 is 13.5 Å². The molecule has 1 aromatic rings. The number of nitrogen functional groups attached to an aromatic ring is 1. The first-order valence-electron chi connectivity index (χ1n) is 6.16. The fourth-order valence-corrected chi connectivity index (χ4v) is 2.86. The molecule has 1 rings (SSSR count). The Hall–Kier alpha value is -1.15. The lowest BCUT2D eigenvalue weighted by molar-refractivity contribution is 0.281. The minimum absolute atomic E-state index is 0.143. The molecular weight excluding hydrogens is 266 g/mol. The average molecular weight is 287 g/mol. The molecule has 19 heavy (non-hydrogen) atoms. The Balaban J connectivity index is 2.67. The number of hydrazine groups is 1. The van der Waals surface area contributed by atoms with E-state index in [0.717, 1.165) is 12.8 Å². The molecule has 0 saturated carbocycles. The summed E-state index contributed by atoms with van der Waals surface area (Å²) in [4.78, 5) is 0.246. The molecule has 0 fully saturated rings. The van der Waals surface area contributed by atoms with Gasteiger partial charge in [0.25, 0.3) is 0 Å². The first-order chi connectivity index (χ1) is 9.02. The normalized spacial score (nSPS) is 11.8. The molecule has 0 saturated heterocycles. The monoisotopic (exact) mass is 287 g/mol. The Morgan fingerprint density at radius 1 is 1.21 bits per heavy atom. The topological polar surface area (TPSA) is 95.7 Å². The molecule has 0 spiro atoms. The van der Waals surface area contributed by atoms with Crippen molar-refractivity contribution >= 4 is 15.7 Å². The van der Waals surface area contributed by atoms with Crippen molar-refractivity contribution in [2.75, 3.05) is 25.6 Å². The number of anilines is 1. The van der Waals surface area contributed by atoms with E-state index >= 15 is 0 Å². The highest BCUT2D eigenvalue weighted by molar-refractivity contribution is 7.89. The van der Waals surface area contributed by atoms with Gasteiger partial charge in [-0.15, -0.1) is 0 Å². The van der Waals surface area contributed by atoms with Gasteiger partial charge in [-0.05, 0) is 43.5 Å². The third-order valence-electron chi connectivity index (χ3n) is 2.86. The van der Waals surface area contributed by atoms with Crippen LogP contribution in [0.2, 0.25) is 0 Å². The molecule has 0 atom stereocenters. The van der Waals surface area contributed by atoms with Crippen molar-refractivity contribution in [3.8, 4) is 0 Å². The zero-order valence-corrected chi connectivity index (χ0v) is 11.9. The Morgan fingerprint density at radius 2 is 1.84 bits per heavy atom. The molecule has 0 radical (unpaired) electrons. The van der Waals surface area contributed by atoms with Crippen LogP contribution in [-0.2, 0) is 10.0 Å². The van der Waals surface area contributed by atoms with E-state index in [2.05, 4.69) is 5.43 Å². The third-order valence-corrected chi connectivity index (χ3v) is 4.73. The van der Waals surface area contributed by atoms with Gasteiger partial charge in [-0.2, -0.15) is 0 Å². The summed E-state index contributed by atoms with van der Waals surface area (Å²) < 4.78 is 25.8. The molecule has 0 aliphatic heterocycles. The van der Waals surface area contributed by atoms with Crippen molar-refractivity contribution in [2.45, 2.75) is 24.2 Å². The molecule has 0 heterocycles. The zero-order valence-electron chi connectivity index (χ0n) is 11.0. The molecule has 6 nitrogen and oxygen atoms in total. The second kappa shape index (κ2) is 7.44. The molecule has 4 N–H and O–H groups in total. The van der Waals surface area contributed by atoms with E-state index in [-0.39, 0.29) is 11.5 Å². The summed E-state index contributed by atoms with van der Waals surface area (Å²) in [6, 6.07) is 6.28. The summed E-state index contributed by atoms with van der Waals surface area (Å²) >= 11 is 0. The van der Waals surface area contributed by atoms with Crippen molar-refractivity contribution in [1.29, 1.82) is 0 Å². The van der Waals surface area contributed by atoms with Crippen LogP contribution in [0.1, 0.15) is 19.3 Å². The van der Waals surface area contributed by atoms with E-state index in [1.54, 1.807) is 19.2 Å². The maximum Gasteiger partial charge on any atom is 0.242 e. The number of unbranched alkanes of at least 4 members (excludes halogenated alkanes) is 2. The standard InChI is InChI=1S/C12H21N3O3S/c1-15(9-3-2-4-10-16)19(17,18)12-7-5-11(14-13)6-8-12/h5-8,14,16H,2-4,9-10,13H2,1H3. The van der Waals surface area contributed by atoms with Crippen LogP contribution in [0.3, 0.4) is 0 Å². The molecule has 0 bridgehead atoms. The molecule has 1 aromatic carbocycles. The van der Waals surface area contributed by atoms with Crippen molar-refractivity contribution in [2.24, 2.45) is 5.84 Å². The Morgan fingerprint density at radius 3 is 2.37 bits per heavy atom. The number of hydrogen-bond donors (Lipinski definition) is 3. The van der Waals surface area contributed by atoms with Gasteiger partial charge < -0.3 is 10.5 Å². The van der Waals surface area contributed by atoms with E-state index in [9.17, 15) is 8.42 Å². The lowest BCUT2D eigenvalue weighted by Crippen LogP contribution is -2.28. The first-order valence-corrected chi connectivity index (χ1v) is 7.60. The summed E-state index contributed by atoms with van der Waals surface area (Å²) in [6.45, 7) is 0.587. The Labute approximate surface area is 114 Å². The number of aliphatic hydroxyl groups excluding tert-OH is 1. The largest absolute Gasteiger partial charge is 0.396 e. The van der Waals surface area contributed by atoms with E-state index in [1.807, 2.05) is 0 Å². The maximum atomic E-state index is 12.2. The van der Waals surface area contributed by atoms with Gasteiger partial charge in [0.05, 0.1) is 4.90 Å². The van der Waals surface area contributed by atoms with Crippen LogP contribution in [0.4, 0.5) is 5.69 Å². The predicted octanol–water partition coefficient (Wildman–Crippen LogP) is 0.755. The molecule has 0 unspecified atom stereocenters. The molecular formula is C12H21N3O3S. The van der Waals surface area contributed by atoms with Crippen molar-refractivity contribution in [1.82, 2.24) is 4.31 Å². The number of benzene rings is 1. The van der Waals surface area contributed by atoms with Gasteiger partial charge in [0.2, 0.25) is 10.0 Å². The molecule has 0 aliphatic carbocycles. The Bertz CT molecular complexity index is 473. The minimum atomic E-state index is -3.45. The number of nitrogens with zero attached hydrogens (tertiary/aromatic N) is 1. The highest BCUT2D eigenvalue weighted by Crippen LogP contribution is 2.17. The molecule has 0 aromatic heterocycles. The number of rotatable bonds is 8. The van der Waals surface area contributed by atoms with E-state index < -0.39 is 10.0 Å². The van der Waals surface area contributed by atoms with Gasteiger partial charge in [-0.1, -0.05) is 0 Å². The first kappa shape index (κ1) is 15.9. The Kier molecular flexibility index (Phi) is 6.23. The van der Waals surface area contributed by atoms with Crippen molar-refractivity contribution in [3.63, 3.8) is 0 Å².